The Labute approximate surface area is 107 Å². The third-order valence-corrected chi connectivity index (χ3v) is 3.66. The van der Waals surface area contributed by atoms with Crippen LogP contribution in [0, 0.1) is 0 Å². The molecule has 1 aromatic carbocycles. The zero-order valence-electron chi connectivity index (χ0n) is 10.7. The summed E-state index contributed by atoms with van der Waals surface area (Å²) < 4.78 is 5.35. The van der Waals surface area contributed by atoms with Gasteiger partial charge >= 0.3 is 0 Å². The quantitative estimate of drug-likeness (QED) is 0.901. The maximum absolute atomic E-state index is 5.35. The third-order valence-electron chi connectivity index (χ3n) is 3.66. The van der Waals surface area contributed by atoms with E-state index in [1.165, 1.54) is 31.3 Å². The lowest BCUT2D eigenvalue weighted by Gasteiger charge is -2.29. The van der Waals surface area contributed by atoms with Crippen molar-refractivity contribution in [2.75, 3.05) is 25.0 Å². The van der Waals surface area contributed by atoms with Crippen LogP contribution in [0.3, 0.4) is 0 Å². The predicted octanol–water partition coefficient (Wildman–Crippen LogP) is 2.41. The average Bonchev–Trinajstić information content (AvgIpc) is 2.87. The second kappa shape index (κ2) is 4.98. The van der Waals surface area contributed by atoms with Crippen LogP contribution in [0.15, 0.2) is 29.0 Å². The van der Waals surface area contributed by atoms with E-state index < -0.39 is 0 Å². The SMILES string of the molecule is CN(CC1CCCCN1)c1ccc2ncoc2c1. The maximum Gasteiger partial charge on any atom is 0.181 e. The molecule has 1 atom stereocenters. The standard InChI is InChI=1S/C14H19N3O/c1-17(9-11-4-2-3-7-15-11)12-5-6-13-14(8-12)18-10-16-13/h5-6,8,10-11,15H,2-4,7,9H2,1H3. The first-order valence-electron chi connectivity index (χ1n) is 6.61. The fourth-order valence-corrected chi connectivity index (χ4v) is 2.60. The van der Waals surface area contributed by atoms with E-state index in [0.717, 1.165) is 24.2 Å². The number of hydrogen-bond acceptors (Lipinski definition) is 4. The van der Waals surface area contributed by atoms with E-state index in [-0.39, 0.29) is 0 Å². The number of hydrogen-bond donors (Lipinski definition) is 1. The molecule has 1 saturated heterocycles. The number of aromatic nitrogens is 1. The molecule has 0 saturated carbocycles. The minimum atomic E-state index is 0.606. The largest absolute Gasteiger partial charge is 0.443 e. The van der Waals surface area contributed by atoms with E-state index in [2.05, 4.69) is 34.4 Å². The Hall–Kier alpha value is -1.55. The van der Waals surface area contributed by atoms with Gasteiger partial charge in [0.2, 0.25) is 0 Å². The van der Waals surface area contributed by atoms with E-state index in [4.69, 9.17) is 4.42 Å². The summed E-state index contributed by atoms with van der Waals surface area (Å²) in [7, 11) is 2.13. The number of oxazole rings is 1. The summed E-state index contributed by atoms with van der Waals surface area (Å²) in [5.74, 6) is 0. The van der Waals surface area contributed by atoms with Gasteiger partial charge in [0.15, 0.2) is 12.0 Å². The number of benzene rings is 1. The molecule has 0 amide bonds. The van der Waals surface area contributed by atoms with Gasteiger partial charge in [-0.25, -0.2) is 4.98 Å². The highest BCUT2D eigenvalue weighted by atomic mass is 16.3. The molecular weight excluding hydrogens is 226 g/mol. The minimum absolute atomic E-state index is 0.606. The molecule has 0 bridgehead atoms. The smallest absolute Gasteiger partial charge is 0.181 e. The van der Waals surface area contributed by atoms with Gasteiger partial charge in [-0.2, -0.15) is 0 Å². The molecule has 1 aliphatic heterocycles. The van der Waals surface area contributed by atoms with Gasteiger partial charge in [-0.05, 0) is 31.5 Å². The fraction of sp³-hybridized carbons (Fsp3) is 0.500. The van der Waals surface area contributed by atoms with Gasteiger partial charge in [-0.15, -0.1) is 0 Å². The van der Waals surface area contributed by atoms with Gasteiger partial charge in [-0.3, -0.25) is 0 Å². The van der Waals surface area contributed by atoms with Crippen molar-refractivity contribution in [1.82, 2.24) is 10.3 Å². The molecule has 0 radical (unpaired) electrons. The second-order valence-electron chi connectivity index (χ2n) is 5.03. The van der Waals surface area contributed by atoms with Gasteiger partial charge < -0.3 is 14.6 Å². The fourth-order valence-electron chi connectivity index (χ4n) is 2.60. The Balaban J connectivity index is 1.72. The summed E-state index contributed by atoms with van der Waals surface area (Å²) in [6.07, 6.45) is 5.42. The van der Waals surface area contributed by atoms with Gasteiger partial charge in [0.25, 0.3) is 0 Å². The lowest BCUT2D eigenvalue weighted by molar-refractivity contribution is 0.403. The van der Waals surface area contributed by atoms with Crippen molar-refractivity contribution in [3.05, 3.63) is 24.6 Å². The summed E-state index contributed by atoms with van der Waals surface area (Å²) in [5, 5.41) is 3.57. The highest BCUT2D eigenvalue weighted by molar-refractivity contribution is 5.77. The van der Waals surface area contributed by atoms with E-state index in [0.29, 0.717) is 6.04 Å². The van der Waals surface area contributed by atoms with Crippen LogP contribution in [0.25, 0.3) is 11.1 Å². The van der Waals surface area contributed by atoms with Crippen LogP contribution in [0.1, 0.15) is 19.3 Å². The lowest BCUT2D eigenvalue weighted by atomic mass is 10.0. The van der Waals surface area contributed by atoms with Gasteiger partial charge in [0.1, 0.15) is 5.52 Å². The topological polar surface area (TPSA) is 41.3 Å². The van der Waals surface area contributed by atoms with Crippen molar-refractivity contribution in [1.29, 1.82) is 0 Å². The highest BCUT2D eigenvalue weighted by Gasteiger charge is 2.15. The van der Waals surface area contributed by atoms with Crippen LogP contribution in [-0.2, 0) is 0 Å². The number of rotatable bonds is 3. The molecule has 1 aromatic heterocycles. The van der Waals surface area contributed by atoms with Gasteiger partial charge in [-0.1, -0.05) is 6.42 Å². The molecule has 2 heterocycles. The Morgan fingerprint density at radius 2 is 2.39 bits per heavy atom. The van der Waals surface area contributed by atoms with Crippen LogP contribution < -0.4 is 10.2 Å². The van der Waals surface area contributed by atoms with Crippen molar-refractivity contribution in [2.24, 2.45) is 0 Å². The molecule has 0 aliphatic carbocycles. The van der Waals surface area contributed by atoms with E-state index >= 15 is 0 Å². The summed E-state index contributed by atoms with van der Waals surface area (Å²) in [6, 6.07) is 6.78. The second-order valence-corrected chi connectivity index (χ2v) is 5.03. The first-order chi connectivity index (χ1) is 8.83. The zero-order chi connectivity index (χ0) is 12.4. The Kier molecular flexibility index (Phi) is 3.19. The van der Waals surface area contributed by atoms with Crippen molar-refractivity contribution in [3.63, 3.8) is 0 Å². The molecule has 0 spiro atoms. The van der Waals surface area contributed by atoms with Crippen LogP contribution in [-0.4, -0.2) is 31.2 Å². The summed E-state index contributed by atoms with van der Waals surface area (Å²) >= 11 is 0. The predicted molar refractivity (Wildman–Crippen MR) is 72.9 cm³/mol. The molecule has 3 rings (SSSR count). The van der Waals surface area contributed by atoms with Crippen LogP contribution in [0.5, 0.6) is 0 Å². The van der Waals surface area contributed by atoms with Crippen LogP contribution in [0.2, 0.25) is 0 Å². The summed E-state index contributed by atoms with van der Waals surface area (Å²) in [4.78, 5) is 6.42. The van der Waals surface area contributed by atoms with Crippen molar-refractivity contribution < 1.29 is 4.42 Å². The number of fused-ring (bicyclic) bond motifs is 1. The number of likely N-dealkylation sites (N-methyl/N-ethyl adjacent to an activating group) is 1. The molecule has 2 aromatic rings. The molecule has 96 valence electrons. The van der Waals surface area contributed by atoms with Crippen molar-refractivity contribution in [3.8, 4) is 0 Å². The Morgan fingerprint density at radius 1 is 1.44 bits per heavy atom. The zero-order valence-corrected chi connectivity index (χ0v) is 10.7. The normalized spacial score (nSPS) is 20.2. The molecule has 1 unspecified atom stereocenters. The number of nitrogens with zero attached hydrogens (tertiary/aromatic N) is 2. The van der Waals surface area contributed by atoms with Crippen molar-refractivity contribution in [2.45, 2.75) is 25.3 Å². The Bertz CT molecular complexity index is 516. The summed E-state index contributed by atoms with van der Waals surface area (Å²) in [6.45, 7) is 2.19. The van der Waals surface area contributed by atoms with Crippen molar-refractivity contribution >= 4 is 16.8 Å². The average molecular weight is 245 g/mol. The molecular formula is C14H19N3O. The molecule has 18 heavy (non-hydrogen) atoms. The lowest BCUT2D eigenvalue weighted by Crippen LogP contribution is -2.42. The molecule has 1 N–H and O–H groups in total. The maximum atomic E-state index is 5.35. The number of piperidine rings is 1. The summed E-state index contributed by atoms with van der Waals surface area (Å²) in [5.41, 5.74) is 2.96. The van der Waals surface area contributed by atoms with E-state index in [9.17, 15) is 0 Å². The Morgan fingerprint density at radius 3 is 3.22 bits per heavy atom. The molecule has 1 aliphatic rings. The van der Waals surface area contributed by atoms with Gasteiger partial charge in [0.05, 0.1) is 0 Å². The molecule has 4 nitrogen and oxygen atoms in total. The molecule has 1 fully saturated rings. The first kappa shape index (κ1) is 11.5. The van der Waals surface area contributed by atoms with Crippen LogP contribution in [0.4, 0.5) is 5.69 Å². The molecule has 4 heteroatoms. The number of nitrogens with one attached hydrogen (secondary N) is 1. The van der Waals surface area contributed by atoms with E-state index in [1.54, 1.807) is 0 Å². The van der Waals surface area contributed by atoms with Crippen LogP contribution >= 0.6 is 0 Å². The number of anilines is 1. The third kappa shape index (κ3) is 2.34. The monoisotopic (exact) mass is 245 g/mol. The minimum Gasteiger partial charge on any atom is -0.443 e. The van der Waals surface area contributed by atoms with Gasteiger partial charge in [0, 0.05) is 31.4 Å². The first-order valence-corrected chi connectivity index (χ1v) is 6.61. The van der Waals surface area contributed by atoms with E-state index in [1.807, 2.05) is 6.07 Å². The highest BCUT2D eigenvalue weighted by Crippen LogP contribution is 2.21.